The van der Waals surface area contributed by atoms with Crippen molar-refractivity contribution in [1.29, 1.82) is 0 Å². The summed E-state index contributed by atoms with van der Waals surface area (Å²) in [5.74, 6) is 0. The van der Waals surface area contributed by atoms with Crippen molar-refractivity contribution in [3.63, 3.8) is 0 Å². The Morgan fingerprint density at radius 1 is 0.875 bits per heavy atom. The van der Waals surface area contributed by atoms with Crippen LogP contribution < -0.4 is 11.2 Å². The van der Waals surface area contributed by atoms with Crippen molar-refractivity contribution in [2.45, 2.75) is 26.3 Å². The second kappa shape index (κ2) is 7.13. The molecule has 4 heteroatoms. The molecule has 0 aliphatic carbocycles. The fourth-order valence-electron chi connectivity index (χ4n) is 2.75. The molecule has 3 rings (SSSR count). The first-order chi connectivity index (χ1) is 11.7. The van der Waals surface area contributed by atoms with Gasteiger partial charge in [-0.25, -0.2) is 4.79 Å². The van der Waals surface area contributed by atoms with Crippen LogP contribution in [0.5, 0.6) is 0 Å². The molecule has 0 unspecified atom stereocenters. The van der Waals surface area contributed by atoms with Gasteiger partial charge in [0.05, 0.1) is 11.4 Å². The van der Waals surface area contributed by atoms with Gasteiger partial charge in [-0.1, -0.05) is 61.9 Å². The minimum absolute atomic E-state index is 0.250. The van der Waals surface area contributed by atoms with Gasteiger partial charge in [-0.05, 0) is 24.1 Å². The van der Waals surface area contributed by atoms with Crippen LogP contribution in [0.3, 0.4) is 0 Å². The smallest absolute Gasteiger partial charge is 0.269 e. The lowest BCUT2D eigenvalue weighted by atomic mass is 10.1. The molecule has 4 nitrogen and oxygen atoms in total. The average molecular weight is 320 g/mol. The van der Waals surface area contributed by atoms with Crippen molar-refractivity contribution in [2.75, 3.05) is 0 Å². The van der Waals surface area contributed by atoms with Crippen LogP contribution in [-0.4, -0.2) is 9.13 Å². The number of hydrogen-bond donors (Lipinski definition) is 0. The van der Waals surface area contributed by atoms with Crippen LogP contribution in [0.2, 0.25) is 0 Å². The second-order valence-corrected chi connectivity index (χ2v) is 5.69. The van der Waals surface area contributed by atoms with Gasteiger partial charge in [0, 0.05) is 12.6 Å². The Hall–Kier alpha value is -2.88. The van der Waals surface area contributed by atoms with Crippen LogP contribution >= 0.6 is 0 Å². The first-order valence-electron chi connectivity index (χ1n) is 8.20. The molecule has 2 aromatic carbocycles. The van der Waals surface area contributed by atoms with E-state index in [2.05, 4.69) is 0 Å². The Morgan fingerprint density at radius 3 is 2.12 bits per heavy atom. The standard InChI is InChI=1S/C20H20N2O2/c1-2-3-14-21-19(23)15-18(16-10-6-4-7-11-16)22(20(21)24)17-12-8-5-9-13-17/h4-13,15H,2-3,14H2,1H3. The molecule has 0 saturated carbocycles. The van der Waals surface area contributed by atoms with Gasteiger partial charge in [0.2, 0.25) is 0 Å². The molecular formula is C20H20N2O2. The van der Waals surface area contributed by atoms with Gasteiger partial charge in [-0.3, -0.25) is 13.9 Å². The molecule has 0 amide bonds. The van der Waals surface area contributed by atoms with E-state index in [1.165, 1.54) is 4.57 Å². The first kappa shape index (κ1) is 16.0. The molecule has 0 saturated heterocycles. The second-order valence-electron chi connectivity index (χ2n) is 5.69. The average Bonchev–Trinajstić information content (AvgIpc) is 2.62. The molecule has 0 radical (unpaired) electrons. The van der Waals surface area contributed by atoms with Crippen LogP contribution in [0.25, 0.3) is 16.9 Å². The Bertz CT molecular complexity index is 925. The molecule has 0 atom stereocenters. The van der Waals surface area contributed by atoms with Crippen molar-refractivity contribution in [1.82, 2.24) is 9.13 Å². The highest BCUT2D eigenvalue weighted by atomic mass is 16.2. The summed E-state index contributed by atoms with van der Waals surface area (Å²) < 4.78 is 2.94. The molecule has 0 aliphatic heterocycles. The first-order valence-corrected chi connectivity index (χ1v) is 8.20. The van der Waals surface area contributed by atoms with Crippen LogP contribution in [0.15, 0.2) is 76.3 Å². The summed E-state index contributed by atoms with van der Waals surface area (Å²) in [6, 6.07) is 20.5. The van der Waals surface area contributed by atoms with Crippen molar-refractivity contribution in [3.05, 3.63) is 87.6 Å². The van der Waals surface area contributed by atoms with E-state index >= 15 is 0 Å². The normalized spacial score (nSPS) is 10.7. The van der Waals surface area contributed by atoms with E-state index in [1.807, 2.05) is 67.6 Å². The third-order valence-electron chi connectivity index (χ3n) is 4.01. The number of benzene rings is 2. The van der Waals surface area contributed by atoms with Gasteiger partial charge in [0.25, 0.3) is 5.56 Å². The monoisotopic (exact) mass is 320 g/mol. The Kier molecular flexibility index (Phi) is 4.75. The summed E-state index contributed by atoms with van der Waals surface area (Å²) in [6.07, 6.45) is 1.73. The van der Waals surface area contributed by atoms with Crippen LogP contribution in [0, 0.1) is 0 Å². The number of nitrogens with zero attached hydrogens (tertiary/aromatic N) is 2. The SMILES string of the molecule is CCCCn1c(=O)cc(-c2ccccc2)n(-c2ccccc2)c1=O. The zero-order valence-corrected chi connectivity index (χ0v) is 13.7. The van der Waals surface area contributed by atoms with Gasteiger partial charge < -0.3 is 0 Å². The maximum absolute atomic E-state index is 13.0. The quantitative estimate of drug-likeness (QED) is 0.722. The maximum atomic E-state index is 13.0. The Morgan fingerprint density at radius 2 is 1.50 bits per heavy atom. The van der Waals surface area contributed by atoms with E-state index < -0.39 is 0 Å². The predicted octanol–water partition coefficient (Wildman–Crippen LogP) is 3.47. The van der Waals surface area contributed by atoms with Crippen molar-refractivity contribution in [2.24, 2.45) is 0 Å². The van der Waals surface area contributed by atoms with Crippen LogP contribution in [-0.2, 0) is 6.54 Å². The van der Waals surface area contributed by atoms with Gasteiger partial charge in [0.15, 0.2) is 0 Å². The van der Waals surface area contributed by atoms with Crippen molar-refractivity contribution in [3.8, 4) is 16.9 Å². The largest absolute Gasteiger partial charge is 0.336 e. The van der Waals surface area contributed by atoms with E-state index in [0.717, 1.165) is 24.1 Å². The zero-order chi connectivity index (χ0) is 16.9. The van der Waals surface area contributed by atoms with E-state index in [4.69, 9.17) is 0 Å². The van der Waals surface area contributed by atoms with Crippen molar-refractivity contribution >= 4 is 0 Å². The van der Waals surface area contributed by atoms with Crippen LogP contribution in [0.4, 0.5) is 0 Å². The summed E-state index contributed by atoms with van der Waals surface area (Å²) in [4.78, 5) is 25.5. The van der Waals surface area contributed by atoms with Gasteiger partial charge in [-0.2, -0.15) is 0 Å². The number of aromatic nitrogens is 2. The highest BCUT2D eigenvalue weighted by molar-refractivity contribution is 5.61. The summed E-state index contributed by atoms with van der Waals surface area (Å²) in [7, 11) is 0. The predicted molar refractivity (Wildman–Crippen MR) is 96.6 cm³/mol. The molecule has 0 bridgehead atoms. The Balaban J connectivity index is 2.30. The lowest BCUT2D eigenvalue weighted by Gasteiger charge is -2.15. The fourth-order valence-corrected chi connectivity index (χ4v) is 2.75. The molecule has 1 heterocycles. The van der Waals surface area contributed by atoms with E-state index in [9.17, 15) is 9.59 Å². The lowest BCUT2D eigenvalue weighted by Crippen LogP contribution is -2.39. The summed E-state index contributed by atoms with van der Waals surface area (Å²) in [5, 5.41) is 0. The fraction of sp³-hybridized carbons (Fsp3) is 0.200. The third-order valence-corrected chi connectivity index (χ3v) is 4.01. The molecule has 1 aromatic heterocycles. The molecule has 122 valence electrons. The Labute approximate surface area is 140 Å². The van der Waals surface area contributed by atoms with E-state index in [0.29, 0.717) is 12.2 Å². The minimum atomic E-state index is -0.291. The van der Waals surface area contributed by atoms with Gasteiger partial charge in [0.1, 0.15) is 0 Å². The molecule has 0 aliphatic rings. The van der Waals surface area contributed by atoms with E-state index in [-0.39, 0.29) is 11.2 Å². The van der Waals surface area contributed by atoms with Gasteiger partial charge >= 0.3 is 5.69 Å². The molecule has 0 fully saturated rings. The summed E-state index contributed by atoms with van der Waals surface area (Å²) in [6.45, 7) is 2.48. The van der Waals surface area contributed by atoms with E-state index in [1.54, 1.807) is 10.6 Å². The highest BCUT2D eigenvalue weighted by Gasteiger charge is 2.14. The van der Waals surface area contributed by atoms with Gasteiger partial charge in [-0.15, -0.1) is 0 Å². The maximum Gasteiger partial charge on any atom is 0.336 e. The van der Waals surface area contributed by atoms with Crippen LogP contribution in [0.1, 0.15) is 19.8 Å². The number of hydrogen-bond acceptors (Lipinski definition) is 2. The molecule has 0 spiro atoms. The molecule has 3 aromatic rings. The molecular weight excluding hydrogens is 300 g/mol. The summed E-state index contributed by atoms with van der Waals surface area (Å²) in [5.41, 5.74) is 1.68. The number of rotatable bonds is 5. The highest BCUT2D eigenvalue weighted by Crippen LogP contribution is 2.19. The minimum Gasteiger partial charge on any atom is -0.269 e. The molecule has 24 heavy (non-hydrogen) atoms. The number of para-hydroxylation sites is 1. The summed E-state index contributed by atoms with van der Waals surface area (Å²) >= 11 is 0. The zero-order valence-electron chi connectivity index (χ0n) is 13.7. The number of unbranched alkanes of at least 4 members (excludes halogenated alkanes) is 1. The topological polar surface area (TPSA) is 44.0 Å². The van der Waals surface area contributed by atoms with Crippen molar-refractivity contribution < 1.29 is 0 Å². The molecule has 0 N–H and O–H groups in total. The third kappa shape index (κ3) is 3.08. The lowest BCUT2D eigenvalue weighted by molar-refractivity contribution is 0.571.